The normalized spacial score (nSPS) is 20.5. The number of rotatable bonds is 3. The number of likely N-dealkylation sites (tertiary alicyclic amines) is 1. The summed E-state index contributed by atoms with van der Waals surface area (Å²) in [5.74, 6) is -0.203. The van der Waals surface area contributed by atoms with E-state index >= 15 is 0 Å². The van der Waals surface area contributed by atoms with Crippen molar-refractivity contribution in [1.82, 2.24) is 14.9 Å². The van der Waals surface area contributed by atoms with Crippen LogP contribution in [-0.4, -0.2) is 46.0 Å². The van der Waals surface area contributed by atoms with Crippen molar-refractivity contribution in [3.63, 3.8) is 0 Å². The Kier molecular flexibility index (Phi) is 4.51. The third kappa shape index (κ3) is 3.12. The molecule has 0 bridgehead atoms. The summed E-state index contributed by atoms with van der Waals surface area (Å²) in [6, 6.07) is 9.93. The Bertz CT molecular complexity index is 795. The number of hydrazone groups is 1. The molecular weight excluding hydrogens is 332 g/mol. The lowest BCUT2D eigenvalue weighted by Crippen LogP contribution is -2.43. The standard InChI is InChI=1S/C19H20N4O3/c24-18(23-16(6-9-21-23)14-4-2-1-3-5-14)15-7-11-22(12-8-15)19(25)17-20-10-13-26-17/h1-5,9-10,13,15-16H,6-8,11-12H2. The fraction of sp³-hybridized carbons (Fsp3) is 0.368. The van der Waals surface area contributed by atoms with Gasteiger partial charge in [0.05, 0.1) is 12.2 Å². The molecule has 1 fully saturated rings. The quantitative estimate of drug-likeness (QED) is 0.850. The highest BCUT2D eigenvalue weighted by molar-refractivity contribution is 5.90. The van der Waals surface area contributed by atoms with Crippen molar-refractivity contribution < 1.29 is 14.0 Å². The van der Waals surface area contributed by atoms with Crippen molar-refractivity contribution in [2.75, 3.05) is 13.1 Å². The highest BCUT2D eigenvalue weighted by Crippen LogP contribution is 2.31. The summed E-state index contributed by atoms with van der Waals surface area (Å²) in [4.78, 5) is 30.8. The molecule has 1 aromatic carbocycles. The number of hydrogen-bond acceptors (Lipinski definition) is 5. The van der Waals surface area contributed by atoms with E-state index < -0.39 is 0 Å². The Morgan fingerprint density at radius 3 is 2.58 bits per heavy atom. The van der Waals surface area contributed by atoms with Crippen molar-refractivity contribution >= 4 is 18.0 Å². The summed E-state index contributed by atoms with van der Waals surface area (Å²) in [5, 5.41) is 5.93. The van der Waals surface area contributed by atoms with Gasteiger partial charge in [0.15, 0.2) is 0 Å². The maximum absolute atomic E-state index is 13.0. The first-order chi connectivity index (χ1) is 12.7. The number of piperidine rings is 1. The Labute approximate surface area is 151 Å². The molecule has 1 saturated heterocycles. The first-order valence-corrected chi connectivity index (χ1v) is 8.83. The van der Waals surface area contributed by atoms with Crippen LogP contribution >= 0.6 is 0 Å². The molecule has 7 heteroatoms. The highest BCUT2D eigenvalue weighted by atomic mass is 16.4. The van der Waals surface area contributed by atoms with Crippen LogP contribution in [0, 0.1) is 5.92 Å². The molecule has 0 saturated carbocycles. The van der Waals surface area contributed by atoms with Crippen molar-refractivity contribution in [3.8, 4) is 0 Å². The molecule has 1 unspecified atom stereocenters. The fourth-order valence-corrected chi connectivity index (χ4v) is 3.56. The summed E-state index contributed by atoms with van der Waals surface area (Å²) >= 11 is 0. The van der Waals surface area contributed by atoms with Crippen LogP contribution in [0.2, 0.25) is 0 Å². The van der Waals surface area contributed by atoms with Gasteiger partial charge in [-0.3, -0.25) is 9.59 Å². The zero-order chi connectivity index (χ0) is 17.9. The molecule has 26 heavy (non-hydrogen) atoms. The van der Waals surface area contributed by atoms with Gasteiger partial charge in [-0.25, -0.2) is 9.99 Å². The largest absolute Gasteiger partial charge is 0.441 e. The molecule has 0 radical (unpaired) electrons. The summed E-state index contributed by atoms with van der Waals surface area (Å²) in [5.41, 5.74) is 1.09. The van der Waals surface area contributed by atoms with Gasteiger partial charge in [-0.1, -0.05) is 30.3 Å². The van der Waals surface area contributed by atoms with Gasteiger partial charge >= 0.3 is 5.91 Å². The molecule has 0 aliphatic carbocycles. The number of amides is 2. The van der Waals surface area contributed by atoms with Crippen molar-refractivity contribution in [2.24, 2.45) is 11.0 Å². The van der Waals surface area contributed by atoms with Crippen LogP contribution in [0.3, 0.4) is 0 Å². The molecule has 2 amide bonds. The minimum Gasteiger partial charge on any atom is -0.441 e. The second-order valence-corrected chi connectivity index (χ2v) is 6.55. The lowest BCUT2D eigenvalue weighted by atomic mass is 9.94. The zero-order valence-electron chi connectivity index (χ0n) is 14.3. The predicted octanol–water partition coefficient (Wildman–Crippen LogP) is 2.49. The first-order valence-electron chi connectivity index (χ1n) is 8.83. The summed E-state index contributed by atoms with van der Waals surface area (Å²) < 4.78 is 5.07. The molecule has 1 atom stereocenters. The molecule has 2 aliphatic rings. The molecule has 4 rings (SSSR count). The molecule has 3 heterocycles. The van der Waals surface area contributed by atoms with Crippen molar-refractivity contribution in [1.29, 1.82) is 0 Å². The number of hydrogen-bond donors (Lipinski definition) is 0. The van der Waals surface area contributed by atoms with Gasteiger partial charge in [0, 0.05) is 31.6 Å². The minimum absolute atomic E-state index is 0.0318. The average Bonchev–Trinajstić information content (AvgIpc) is 3.39. The highest BCUT2D eigenvalue weighted by Gasteiger charge is 2.36. The summed E-state index contributed by atoms with van der Waals surface area (Å²) in [6.07, 6.45) is 6.63. The molecule has 0 N–H and O–H groups in total. The molecule has 134 valence electrons. The maximum atomic E-state index is 13.0. The number of aromatic nitrogens is 1. The lowest BCUT2D eigenvalue weighted by Gasteiger charge is -2.33. The number of carbonyl (C=O) groups is 2. The molecule has 0 spiro atoms. The second-order valence-electron chi connectivity index (χ2n) is 6.55. The smallest absolute Gasteiger partial charge is 0.309 e. The van der Waals surface area contributed by atoms with E-state index in [-0.39, 0.29) is 29.7 Å². The Morgan fingerprint density at radius 2 is 1.88 bits per heavy atom. The van der Waals surface area contributed by atoms with Gasteiger partial charge in [-0.15, -0.1) is 0 Å². The fourth-order valence-electron chi connectivity index (χ4n) is 3.56. The van der Waals surface area contributed by atoms with Gasteiger partial charge in [0.1, 0.15) is 6.26 Å². The minimum atomic E-state index is -0.220. The third-order valence-electron chi connectivity index (χ3n) is 4.99. The topological polar surface area (TPSA) is 79.0 Å². The first kappa shape index (κ1) is 16.5. The lowest BCUT2D eigenvalue weighted by molar-refractivity contribution is -0.138. The van der Waals surface area contributed by atoms with E-state index in [1.807, 2.05) is 30.3 Å². The van der Waals surface area contributed by atoms with Gasteiger partial charge in [0.25, 0.3) is 5.89 Å². The monoisotopic (exact) mass is 352 g/mol. The maximum Gasteiger partial charge on any atom is 0.309 e. The van der Waals surface area contributed by atoms with E-state index in [0.717, 1.165) is 12.0 Å². The predicted molar refractivity (Wildman–Crippen MR) is 94.3 cm³/mol. The van der Waals surface area contributed by atoms with Crippen molar-refractivity contribution in [3.05, 3.63) is 54.2 Å². The van der Waals surface area contributed by atoms with Crippen LogP contribution in [0.1, 0.15) is 41.6 Å². The summed E-state index contributed by atoms with van der Waals surface area (Å²) in [6.45, 7) is 1.04. The Morgan fingerprint density at radius 1 is 1.12 bits per heavy atom. The Balaban J connectivity index is 1.39. The average molecular weight is 352 g/mol. The van der Waals surface area contributed by atoms with Gasteiger partial charge < -0.3 is 9.32 Å². The van der Waals surface area contributed by atoms with E-state index in [9.17, 15) is 9.59 Å². The molecular formula is C19H20N4O3. The van der Waals surface area contributed by atoms with Crippen LogP contribution in [0.4, 0.5) is 0 Å². The van der Waals surface area contributed by atoms with E-state index in [2.05, 4.69) is 10.1 Å². The molecule has 1 aromatic heterocycles. The number of benzene rings is 1. The van der Waals surface area contributed by atoms with E-state index in [1.54, 1.807) is 16.1 Å². The Hall–Kier alpha value is -2.96. The van der Waals surface area contributed by atoms with Gasteiger partial charge in [-0.05, 0) is 18.4 Å². The van der Waals surface area contributed by atoms with Crippen LogP contribution in [0.25, 0.3) is 0 Å². The van der Waals surface area contributed by atoms with Crippen LogP contribution in [0.15, 0.2) is 52.3 Å². The molecule has 7 nitrogen and oxygen atoms in total. The van der Waals surface area contributed by atoms with E-state index in [1.165, 1.54) is 12.5 Å². The molecule has 2 aliphatic heterocycles. The van der Waals surface area contributed by atoms with Gasteiger partial charge in [0.2, 0.25) is 5.91 Å². The third-order valence-corrected chi connectivity index (χ3v) is 4.99. The van der Waals surface area contributed by atoms with Crippen LogP contribution in [0.5, 0.6) is 0 Å². The van der Waals surface area contributed by atoms with E-state index in [4.69, 9.17) is 4.42 Å². The van der Waals surface area contributed by atoms with Crippen LogP contribution < -0.4 is 0 Å². The second kappa shape index (κ2) is 7.11. The summed E-state index contributed by atoms with van der Waals surface area (Å²) in [7, 11) is 0. The van der Waals surface area contributed by atoms with E-state index in [0.29, 0.717) is 25.9 Å². The van der Waals surface area contributed by atoms with Crippen molar-refractivity contribution in [2.45, 2.75) is 25.3 Å². The number of carbonyl (C=O) groups excluding carboxylic acids is 2. The van der Waals surface area contributed by atoms with Gasteiger partial charge in [-0.2, -0.15) is 5.10 Å². The zero-order valence-corrected chi connectivity index (χ0v) is 14.3. The SMILES string of the molecule is O=C(c1ncco1)N1CCC(C(=O)N2N=CCC2c2ccccc2)CC1. The number of oxazole rings is 1. The molecule has 2 aromatic rings. The van der Waals surface area contributed by atoms with Crippen LogP contribution in [-0.2, 0) is 4.79 Å². The number of nitrogens with zero attached hydrogens (tertiary/aromatic N) is 4.